The number of rotatable bonds is 4. The van der Waals surface area contributed by atoms with Crippen molar-refractivity contribution in [2.24, 2.45) is 0 Å². The summed E-state index contributed by atoms with van der Waals surface area (Å²) in [6.07, 6.45) is 2.55. The Morgan fingerprint density at radius 3 is 3.00 bits per heavy atom. The van der Waals surface area contributed by atoms with Crippen LogP contribution in [0.4, 0.5) is 5.13 Å². The SMILES string of the molecule is CNCc1cnc(N(C)C2CCS(=O)(=O)C2)s1. The lowest BCUT2D eigenvalue weighted by Crippen LogP contribution is -2.32. The molecule has 1 aliphatic rings. The van der Waals surface area contributed by atoms with Gasteiger partial charge in [-0.25, -0.2) is 13.4 Å². The van der Waals surface area contributed by atoms with Crippen molar-refractivity contribution >= 4 is 26.3 Å². The summed E-state index contributed by atoms with van der Waals surface area (Å²) in [4.78, 5) is 7.49. The van der Waals surface area contributed by atoms with Crippen LogP contribution >= 0.6 is 11.3 Å². The first kappa shape index (κ1) is 12.8. The molecular formula is C10H17N3O2S2. The van der Waals surface area contributed by atoms with Crippen LogP contribution in [0.5, 0.6) is 0 Å². The molecule has 0 spiro atoms. The summed E-state index contributed by atoms with van der Waals surface area (Å²) >= 11 is 1.61. The number of nitrogens with one attached hydrogen (secondary N) is 1. The highest BCUT2D eigenvalue weighted by molar-refractivity contribution is 7.91. The molecule has 0 aromatic carbocycles. The number of hydrogen-bond acceptors (Lipinski definition) is 6. The minimum atomic E-state index is -2.83. The van der Waals surface area contributed by atoms with Crippen molar-refractivity contribution in [2.45, 2.75) is 19.0 Å². The van der Waals surface area contributed by atoms with Crippen LogP contribution in [-0.2, 0) is 16.4 Å². The van der Waals surface area contributed by atoms with E-state index in [2.05, 4.69) is 10.3 Å². The fourth-order valence-electron chi connectivity index (χ4n) is 1.95. The van der Waals surface area contributed by atoms with E-state index in [0.717, 1.165) is 16.6 Å². The van der Waals surface area contributed by atoms with Gasteiger partial charge in [-0.3, -0.25) is 0 Å². The zero-order valence-electron chi connectivity index (χ0n) is 10.0. The molecular weight excluding hydrogens is 258 g/mol. The van der Waals surface area contributed by atoms with E-state index in [0.29, 0.717) is 12.2 Å². The second-order valence-corrected chi connectivity index (χ2v) is 7.63. The van der Waals surface area contributed by atoms with Crippen LogP contribution in [0, 0.1) is 0 Å². The monoisotopic (exact) mass is 275 g/mol. The number of hydrogen-bond donors (Lipinski definition) is 1. The lowest BCUT2D eigenvalue weighted by atomic mass is 10.2. The van der Waals surface area contributed by atoms with Crippen molar-refractivity contribution < 1.29 is 8.42 Å². The molecule has 2 rings (SSSR count). The molecule has 0 amide bonds. The third kappa shape index (κ3) is 2.97. The summed E-state index contributed by atoms with van der Waals surface area (Å²) in [5.74, 6) is 0.557. The molecule has 17 heavy (non-hydrogen) atoms. The molecule has 0 radical (unpaired) electrons. The predicted molar refractivity (Wildman–Crippen MR) is 70.3 cm³/mol. The molecule has 7 heteroatoms. The van der Waals surface area contributed by atoms with Gasteiger partial charge in [0.25, 0.3) is 0 Å². The molecule has 1 aromatic heterocycles. The van der Waals surface area contributed by atoms with Gasteiger partial charge in [-0.15, -0.1) is 11.3 Å². The number of thiazole rings is 1. The molecule has 1 N–H and O–H groups in total. The number of nitrogens with zero attached hydrogens (tertiary/aromatic N) is 2. The molecule has 1 atom stereocenters. The van der Waals surface area contributed by atoms with Gasteiger partial charge in [-0.2, -0.15) is 0 Å². The average Bonchev–Trinajstić information content (AvgIpc) is 2.85. The van der Waals surface area contributed by atoms with Gasteiger partial charge in [0.15, 0.2) is 15.0 Å². The fourth-order valence-corrected chi connectivity index (χ4v) is 4.68. The van der Waals surface area contributed by atoms with Gasteiger partial charge >= 0.3 is 0 Å². The topological polar surface area (TPSA) is 62.3 Å². The van der Waals surface area contributed by atoms with Gasteiger partial charge in [-0.1, -0.05) is 0 Å². The minimum absolute atomic E-state index is 0.0774. The Kier molecular flexibility index (Phi) is 3.70. The smallest absolute Gasteiger partial charge is 0.185 e. The predicted octanol–water partition coefficient (Wildman–Crippen LogP) is 0.486. The Morgan fingerprint density at radius 1 is 1.65 bits per heavy atom. The van der Waals surface area contributed by atoms with Gasteiger partial charge in [0.1, 0.15) is 0 Å². The summed E-state index contributed by atoms with van der Waals surface area (Å²) in [6, 6.07) is 0.0774. The Hall–Kier alpha value is -0.660. The van der Waals surface area contributed by atoms with E-state index in [1.54, 1.807) is 11.3 Å². The lowest BCUT2D eigenvalue weighted by molar-refractivity contribution is 0.601. The number of anilines is 1. The first-order chi connectivity index (χ1) is 8.02. The van der Waals surface area contributed by atoms with Crippen LogP contribution in [0.15, 0.2) is 6.20 Å². The van der Waals surface area contributed by atoms with Crippen molar-refractivity contribution in [2.75, 3.05) is 30.5 Å². The summed E-state index contributed by atoms with van der Waals surface area (Å²) in [7, 11) is 0.991. The van der Waals surface area contributed by atoms with E-state index in [1.807, 2.05) is 25.2 Å². The highest BCUT2D eigenvalue weighted by Gasteiger charge is 2.31. The normalized spacial score (nSPS) is 22.8. The molecule has 2 heterocycles. The van der Waals surface area contributed by atoms with E-state index >= 15 is 0 Å². The molecule has 0 bridgehead atoms. The van der Waals surface area contributed by atoms with Gasteiger partial charge in [-0.05, 0) is 13.5 Å². The molecule has 1 saturated heterocycles. The van der Waals surface area contributed by atoms with Crippen LogP contribution < -0.4 is 10.2 Å². The highest BCUT2D eigenvalue weighted by Crippen LogP contribution is 2.26. The van der Waals surface area contributed by atoms with Crippen molar-refractivity contribution in [1.82, 2.24) is 10.3 Å². The standard InChI is InChI=1S/C10H17N3O2S2/c1-11-5-9-6-12-10(16-9)13(2)8-3-4-17(14,15)7-8/h6,8,11H,3-5,7H2,1-2H3. The Balaban J connectivity index is 2.06. The second kappa shape index (κ2) is 4.91. The quantitative estimate of drug-likeness (QED) is 0.866. The number of aromatic nitrogens is 1. The summed E-state index contributed by atoms with van der Waals surface area (Å²) in [5, 5.41) is 3.98. The maximum absolute atomic E-state index is 11.4. The third-order valence-corrected chi connectivity index (χ3v) is 5.79. The molecule has 1 aliphatic heterocycles. The van der Waals surface area contributed by atoms with Crippen LogP contribution in [0.1, 0.15) is 11.3 Å². The Bertz CT molecular complexity index is 483. The largest absolute Gasteiger partial charge is 0.347 e. The highest BCUT2D eigenvalue weighted by atomic mass is 32.2. The van der Waals surface area contributed by atoms with E-state index in [9.17, 15) is 8.42 Å². The third-order valence-electron chi connectivity index (χ3n) is 2.95. The van der Waals surface area contributed by atoms with Gasteiger partial charge < -0.3 is 10.2 Å². The second-order valence-electron chi connectivity index (χ2n) is 4.31. The molecule has 5 nitrogen and oxygen atoms in total. The van der Waals surface area contributed by atoms with Gasteiger partial charge in [0.2, 0.25) is 0 Å². The molecule has 0 aliphatic carbocycles. The molecule has 1 fully saturated rings. The van der Waals surface area contributed by atoms with E-state index in [-0.39, 0.29) is 11.8 Å². The van der Waals surface area contributed by atoms with Crippen LogP contribution in [0.3, 0.4) is 0 Å². The first-order valence-electron chi connectivity index (χ1n) is 5.54. The summed E-state index contributed by atoms with van der Waals surface area (Å²) < 4.78 is 22.9. The number of sulfone groups is 1. The van der Waals surface area contributed by atoms with Crippen molar-refractivity contribution in [3.05, 3.63) is 11.1 Å². The molecule has 1 unspecified atom stereocenters. The average molecular weight is 275 g/mol. The molecule has 1 aromatic rings. The Morgan fingerprint density at radius 2 is 2.41 bits per heavy atom. The van der Waals surface area contributed by atoms with Crippen molar-refractivity contribution in [3.63, 3.8) is 0 Å². The molecule has 0 saturated carbocycles. The van der Waals surface area contributed by atoms with Gasteiger partial charge in [0.05, 0.1) is 11.5 Å². The van der Waals surface area contributed by atoms with Crippen molar-refractivity contribution in [3.8, 4) is 0 Å². The fraction of sp³-hybridized carbons (Fsp3) is 0.700. The zero-order valence-corrected chi connectivity index (χ0v) is 11.6. The maximum Gasteiger partial charge on any atom is 0.185 e. The van der Waals surface area contributed by atoms with Crippen LogP contribution in [0.2, 0.25) is 0 Å². The zero-order chi connectivity index (χ0) is 12.5. The molecule has 96 valence electrons. The van der Waals surface area contributed by atoms with Gasteiger partial charge in [0, 0.05) is 30.7 Å². The van der Waals surface area contributed by atoms with E-state index in [4.69, 9.17) is 0 Å². The summed E-state index contributed by atoms with van der Waals surface area (Å²) in [5.41, 5.74) is 0. The lowest BCUT2D eigenvalue weighted by Gasteiger charge is -2.22. The van der Waals surface area contributed by atoms with E-state index < -0.39 is 9.84 Å². The Labute approximate surface area is 106 Å². The van der Waals surface area contributed by atoms with Crippen LogP contribution in [-0.4, -0.2) is 45.0 Å². The van der Waals surface area contributed by atoms with Crippen molar-refractivity contribution in [1.29, 1.82) is 0 Å². The first-order valence-corrected chi connectivity index (χ1v) is 8.18. The maximum atomic E-state index is 11.4. The van der Waals surface area contributed by atoms with E-state index in [1.165, 1.54) is 0 Å². The van der Waals surface area contributed by atoms with Crippen LogP contribution in [0.25, 0.3) is 0 Å². The summed E-state index contributed by atoms with van der Waals surface area (Å²) in [6.45, 7) is 0.800. The minimum Gasteiger partial charge on any atom is -0.347 e.